The molecule has 0 aromatic heterocycles. The molecular formula is C13H26. The van der Waals surface area contributed by atoms with E-state index < -0.39 is 0 Å². The molecule has 0 aliphatic heterocycles. The quantitative estimate of drug-likeness (QED) is 0.565. The van der Waals surface area contributed by atoms with Crippen molar-refractivity contribution in [2.45, 2.75) is 54.4 Å². The van der Waals surface area contributed by atoms with Crippen LogP contribution in [-0.2, 0) is 0 Å². The molecule has 78 valence electrons. The summed E-state index contributed by atoms with van der Waals surface area (Å²) in [7, 11) is 0. The summed E-state index contributed by atoms with van der Waals surface area (Å²) in [5.74, 6) is 3.65. The van der Waals surface area contributed by atoms with Crippen LogP contribution in [0.5, 0.6) is 0 Å². The lowest BCUT2D eigenvalue weighted by Crippen LogP contribution is -2.37. The van der Waals surface area contributed by atoms with Crippen LogP contribution in [0.25, 0.3) is 0 Å². The lowest BCUT2D eigenvalue weighted by molar-refractivity contribution is 0.0437. The van der Waals surface area contributed by atoms with Crippen molar-refractivity contribution < 1.29 is 0 Å². The summed E-state index contributed by atoms with van der Waals surface area (Å²) in [6.07, 6.45) is 2.85. The highest BCUT2D eigenvalue weighted by molar-refractivity contribution is 4.88. The summed E-state index contributed by atoms with van der Waals surface area (Å²) in [6.45, 7) is 14.5. The molecular weight excluding hydrogens is 156 g/mol. The Labute approximate surface area is 84.1 Å². The Hall–Kier alpha value is 0. The first-order chi connectivity index (χ1) is 5.84. The summed E-state index contributed by atoms with van der Waals surface area (Å²) in [5.41, 5.74) is 0.574. The Balaban J connectivity index is 2.67. The van der Waals surface area contributed by atoms with Gasteiger partial charge in [-0.3, -0.25) is 0 Å². The number of hydrogen-bond acceptors (Lipinski definition) is 0. The van der Waals surface area contributed by atoms with Crippen molar-refractivity contribution in [3.63, 3.8) is 0 Å². The molecule has 0 nitrogen and oxygen atoms in total. The second kappa shape index (κ2) is 3.63. The Bertz CT molecular complexity index is 167. The van der Waals surface area contributed by atoms with Crippen LogP contribution in [-0.4, -0.2) is 0 Å². The summed E-state index contributed by atoms with van der Waals surface area (Å²) in [4.78, 5) is 0. The Morgan fingerprint density at radius 3 is 2.15 bits per heavy atom. The van der Waals surface area contributed by atoms with E-state index in [1.807, 2.05) is 0 Å². The molecule has 1 aliphatic rings. The van der Waals surface area contributed by atoms with Gasteiger partial charge in [0.25, 0.3) is 0 Å². The lowest BCUT2D eigenvalue weighted by Gasteiger charge is -2.45. The van der Waals surface area contributed by atoms with Crippen LogP contribution in [0.2, 0.25) is 0 Å². The van der Waals surface area contributed by atoms with Crippen LogP contribution >= 0.6 is 0 Å². The summed E-state index contributed by atoms with van der Waals surface area (Å²) >= 11 is 0. The summed E-state index contributed by atoms with van der Waals surface area (Å²) < 4.78 is 0. The van der Waals surface area contributed by atoms with Gasteiger partial charge in [-0.15, -0.1) is 0 Å². The molecule has 0 amide bonds. The maximum absolute atomic E-state index is 2.44. The van der Waals surface area contributed by atoms with Gasteiger partial charge in [-0.2, -0.15) is 0 Å². The van der Waals surface area contributed by atoms with E-state index in [4.69, 9.17) is 0 Å². The van der Waals surface area contributed by atoms with Gasteiger partial charge in [0.1, 0.15) is 0 Å². The SMILES string of the molecule is CC(C)C1CC(C)C(C)(C)CC1C. The van der Waals surface area contributed by atoms with Gasteiger partial charge < -0.3 is 0 Å². The molecule has 0 heteroatoms. The highest BCUT2D eigenvalue weighted by Crippen LogP contribution is 2.47. The van der Waals surface area contributed by atoms with Crippen LogP contribution in [0.4, 0.5) is 0 Å². The molecule has 13 heavy (non-hydrogen) atoms. The molecule has 0 aromatic carbocycles. The van der Waals surface area contributed by atoms with E-state index in [0.29, 0.717) is 5.41 Å². The van der Waals surface area contributed by atoms with E-state index in [1.54, 1.807) is 0 Å². The minimum absolute atomic E-state index is 0.574. The monoisotopic (exact) mass is 182 g/mol. The lowest BCUT2D eigenvalue weighted by atomic mass is 9.60. The molecule has 0 spiro atoms. The zero-order chi connectivity index (χ0) is 10.2. The predicted octanol–water partition coefficient (Wildman–Crippen LogP) is 4.35. The molecule has 0 saturated heterocycles. The maximum atomic E-state index is 2.44. The fourth-order valence-electron chi connectivity index (χ4n) is 3.07. The Morgan fingerprint density at radius 1 is 1.15 bits per heavy atom. The third-order valence-electron chi connectivity index (χ3n) is 4.40. The first-order valence-electron chi connectivity index (χ1n) is 5.84. The van der Waals surface area contributed by atoms with Gasteiger partial charge in [-0.25, -0.2) is 0 Å². The van der Waals surface area contributed by atoms with Crippen LogP contribution < -0.4 is 0 Å². The smallest absolute Gasteiger partial charge is 0.0326 e. The van der Waals surface area contributed by atoms with Crippen molar-refractivity contribution >= 4 is 0 Å². The molecule has 1 saturated carbocycles. The van der Waals surface area contributed by atoms with Crippen LogP contribution in [0.15, 0.2) is 0 Å². The van der Waals surface area contributed by atoms with Gasteiger partial charge >= 0.3 is 0 Å². The van der Waals surface area contributed by atoms with Gasteiger partial charge in [0, 0.05) is 0 Å². The predicted molar refractivity (Wildman–Crippen MR) is 59.7 cm³/mol. The molecule has 1 aliphatic carbocycles. The van der Waals surface area contributed by atoms with Crippen LogP contribution in [0.1, 0.15) is 54.4 Å². The van der Waals surface area contributed by atoms with Crippen molar-refractivity contribution in [1.82, 2.24) is 0 Å². The second-order valence-corrected chi connectivity index (χ2v) is 6.21. The van der Waals surface area contributed by atoms with E-state index in [-0.39, 0.29) is 0 Å². The van der Waals surface area contributed by atoms with Gasteiger partial charge in [0.2, 0.25) is 0 Å². The molecule has 3 unspecified atom stereocenters. The fourth-order valence-corrected chi connectivity index (χ4v) is 3.07. The molecule has 1 fully saturated rings. The fraction of sp³-hybridized carbons (Fsp3) is 1.00. The zero-order valence-corrected chi connectivity index (χ0v) is 10.2. The first-order valence-corrected chi connectivity index (χ1v) is 5.84. The third kappa shape index (κ3) is 2.27. The van der Waals surface area contributed by atoms with Crippen LogP contribution in [0.3, 0.4) is 0 Å². The van der Waals surface area contributed by atoms with Gasteiger partial charge in [-0.1, -0.05) is 41.5 Å². The largest absolute Gasteiger partial charge is 0.0625 e. The standard InChI is InChI=1S/C13H26/c1-9(2)12-7-11(4)13(5,6)8-10(12)3/h9-12H,7-8H2,1-6H3. The van der Waals surface area contributed by atoms with Crippen molar-refractivity contribution in [1.29, 1.82) is 0 Å². The molecule has 0 bridgehead atoms. The number of rotatable bonds is 1. The maximum Gasteiger partial charge on any atom is -0.0326 e. The van der Waals surface area contributed by atoms with E-state index in [1.165, 1.54) is 12.8 Å². The molecule has 0 heterocycles. The van der Waals surface area contributed by atoms with Crippen molar-refractivity contribution in [2.75, 3.05) is 0 Å². The molecule has 0 radical (unpaired) electrons. The minimum Gasteiger partial charge on any atom is -0.0625 e. The Morgan fingerprint density at radius 2 is 1.69 bits per heavy atom. The second-order valence-electron chi connectivity index (χ2n) is 6.21. The van der Waals surface area contributed by atoms with Gasteiger partial charge in [0.05, 0.1) is 0 Å². The molecule has 0 N–H and O–H groups in total. The average molecular weight is 182 g/mol. The highest BCUT2D eigenvalue weighted by atomic mass is 14.4. The van der Waals surface area contributed by atoms with Gasteiger partial charge in [-0.05, 0) is 41.9 Å². The van der Waals surface area contributed by atoms with Gasteiger partial charge in [0.15, 0.2) is 0 Å². The molecule has 3 atom stereocenters. The average Bonchev–Trinajstić information content (AvgIpc) is 1.95. The first kappa shape index (κ1) is 11.1. The number of hydrogen-bond donors (Lipinski definition) is 0. The third-order valence-corrected chi connectivity index (χ3v) is 4.40. The van der Waals surface area contributed by atoms with E-state index in [9.17, 15) is 0 Å². The van der Waals surface area contributed by atoms with Crippen molar-refractivity contribution in [3.05, 3.63) is 0 Å². The summed E-state index contributed by atoms with van der Waals surface area (Å²) in [5, 5.41) is 0. The topological polar surface area (TPSA) is 0 Å². The molecule has 0 aromatic rings. The highest BCUT2D eigenvalue weighted by Gasteiger charge is 2.38. The zero-order valence-electron chi connectivity index (χ0n) is 10.2. The normalized spacial score (nSPS) is 39.5. The van der Waals surface area contributed by atoms with Crippen molar-refractivity contribution in [3.8, 4) is 0 Å². The van der Waals surface area contributed by atoms with E-state index in [2.05, 4.69) is 41.5 Å². The van der Waals surface area contributed by atoms with E-state index >= 15 is 0 Å². The summed E-state index contributed by atoms with van der Waals surface area (Å²) in [6, 6.07) is 0. The van der Waals surface area contributed by atoms with Crippen LogP contribution in [0, 0.1) is 29.1 Å². The van der Waals surface area contributed by atoms with E-state index in [0.717, 1.165) is 23.7 Å². The minimum atomic E-state index is 0.574. The van der Waals surface area contributed by atoms with Crippen molar-refractivity contribution in [2.24, 2.45) is 29.1 Å². The molecule has 1 rings (SSSR count). The Kier molecular flexibility index (Phi) is 3.09.